The van der Waals surface area contributed by atoms with Gasteiger partial charge in [-0.15, -0.1) is 0 Å². The molecule has 0 amide bonds. The largest absolute Gasteiger partial charge is 0.264 e. The summed E-state index contributed by atoms with van der Waals surface area (Å²) in [6, 6.07) is 40.2. The molecule has 0 aliphatic rings. The Bertz CT molecular complexity index is 2170. The molecule has 0 spiro atoms. The molecule has 192 valence electrons. The van der Waals surface area contributed by atoms with Crippen LogP contribution in [0, 0.1) is 5.82 Å². The van der Waals surface area contributed by atoms with Crippen molar-refractivity contribution in [3.8, 4) is 45.0 Å². The number of benzene rings is 6. The van der Waals surface area contributed by atoms with Gasteiger partial charge in [0.2, 0.25) is 0 Å². The number of hydrogen-bond donors (Lipinski definition) is 0. The number of rotatable bonds is 4. The maximum absolute atomic E-state index is 13.8. The van der Waals surface area contributed by atoms with E-state index in [0.29, 0.717) is 5.82 Å². The fourth-order valence-corrected chi connectivity index (χ4v) is 5.79. The first-order chi connectivity index (χ1) is 20.2. The smallest absolute Gasteiger partial charge is 0.160 e. The second-order valence-electron chi connectivity index (χ2n) is 10.3. The number of aromatic nitrogens is 3. The van der Waals surface area contributed by atoms with Crippen molar-refractivity contribution in [1.82, 2.24) is 15.0 Å². The minimum absolute atomic E-state index is 0.289. The summed E-state index contributed by atoms with van der Waals surface area (Å²) in [5.41, 5.74) is 6.54. The van der Waals surface area contributed by atoms with Crippen molar-refractivity contribution in [3.05, 3.63) is 140 Å². The Morgan fingerprint density at radius 3 is 1.90 bits per heavy atom. The zero-order valence-corrected chi connectivity index (χ0v) is 21.9. The molecule has 0 bridgehead atoms. The van der Waals surface area contributed by atoms with Gasteiger partial charge in [0.1, 0.15) is 5.82 Å². The van der Waals surface area contributed by atoms with Crippen LogP contribution in [-0.2, 0) is 0 Å². The fraction of sp³-hybridized carbons (Fsp3) is 0. The standard InChI is InChI=1S/C37H22FN3/c38-30-16-12-28(13-17-30)37-40-33(24-8-6-23(7-9-24)29-5-2-20-39-22-29)21-34(41-37)31-18-14-27-11-10-25-3-1-4-26-15-19-32(31)36(27)35(25)26/h1-22H. The Hall–Kier alpha value is -5.48. The molecule has 0 aliphatic heterocycles. The van der Waals surface area contributed by atoms with Crippen LogP contribution in [0.4, 0.5) is 4.39 Å². The molecular weight excluding hydrogens is 505 g/mol. The first-order valence-electron chi connectivity index (χ1n) is 13.5. The van der Waals surface area contributed by atoms with Crippen LogP contribution >= 0.6 is 0 Å². The molecule has 8 aromatic rings. The molecule has 41 heavy (non-hydrogen) atoms. The van der Waals surface area contributed by atoms with Crippen LogP contribution in [0.3, 0.4) is 0 Å². The van der Waals surface area contributed by atoms with Crippen LogP contribution in [-0.4, -0.2) is 15.0 Å². The molecular formula is C37H22FN3. The van der Waals surface area contributed by atoms with Gasteiger partial charge in [-0.3, -0.25) is 4.98 Å². The second kappa shape index (κ2) is 9.32. The van der Waals surface area contributed by atoms with E-state index in [1.54, 1.807) is 18.3 Å². The Morgan fingerprint density at radius 2 is 1.15 bits per heavy atom. The Labute approximate surface area is 236 Å². The van der Waals surface area contributed by atoms with Crippen LogP contribution in [0.15, 0.2) is 134 Å². The number of pyridine rings is 1. The molecule has 4 heteroatoms. The lowest BCUT2D eigenvalue weighted by Crippen LogP contribution is -1.97. The Balaban J connectivity index is 1.34. The van der Waals surface area contributed by atoms with Gasteiger partial charge < -0.3 is 0 Å². The quantitative estimate of drug-likeness (QED) is 0.214. The SMILES string of the molecule is Fc1ccc(-c2nc(-c3ccc(-c4cccnc4)cc3)cc(-c3ccc4ccc5cccc6ccc3c4c56)n2)cc1. The van der Waals surface area contributed by atoms with Crippen LogP contribution in [0.1, 0.15) is 0 Å². The highest BCUT2D eigenvalue weighted by atomic mass is 19.1. The highest BCUT2D eigenvalue weighted by molar-refractivity contribution is 6.25. The van der Waals surface area contributed by atoms with Gasteiger partial charge in [0.25, 0.3) is 0 Å². The summed E-state index contributed by atoms with van der Waals surface area (Å²) in [6.45, 7) is 0. The van der Waals surface area contributed by atoms with Gasteiger partial charge in [0, 0.05) is 29.1 Å². The zero-order chi connectivity index (χ0) is 27.3. The van der Waals surface area contributed by atoms with E-state index in [9.17, 15) is 4.39 Å². The van der Waals surface area contributed by atoms with Gasteiger partial charge in [-0.25, -0.2) is 14.4 Å². The van der Waals surface area contributed by atoms with Gasteiger partial charge in [-0.05, 0) is 79.8 Å². The van der Waals surface area contributed by atoms with Crippen molar-refractivity contribution in [1.29, 1.82) is 0 Å². The summed E-state index contributed by atoms with van der Waals surface area (Å²) in [6.07, 6.45) is 3.63. The first-order valence-corrected chi connectivity index (χ1v) is 13.5. The Kier molecular flexibility index (Phi) is 5.32. The molecule has 0 saturated heterocycles. The number of hydrogen-bond acceptors (Lipinski definition) is 3. The van der Waals surface area contributed by atoms with Crippen molar-refractivity contribution in [2.45, 2.75) is 0 Å². The normalized spacial score (nSPS) is 11.5. The van der Waals surface area contributed by atoms with Crippen LogP contribution in [0.5, 0.6) is 0 Å². The van der Waals surface area contributed by atoms with E-state index in [-0.39, 0.29) is 5.82 Å². The van der Waals surface area contributed by atoms with Crippen molar-refractivity contribution in [2.24, 2.45) is 0 Å². The van der Waals surface area contributed by atoms with Crippen molar-refractivity contribution in [3.63, 3.8) is 0 Å². The molecule has 0 radical (unpaired) electrons. The van der Waals surface area contributed by atoms with E-state index in [0.717, 1.165) is 44.6 Å². The molecule has 2 heterocycles. The minimum atomic E-state index is -0.289. The lowest BCUT2D eigenvalue weighted by molar-refractivity contribution is 0.628. The van der Waals surface area contributed by atoms with Crippen molar-refractivity contribution in [2.75, 3.05) is 0 Å². The number of halogens is 1. The van der Waals surface area contributed by atoms with Crippen molar-refractivity contribution >= 4 is 32.3 Å². The van der Waals surface area contributed by atoms with E-state index >= 15 is 0 Å². The van der Waals surface area contributed by atoms with E-state index in [1.807, 2.05) is 18.3 Å². The molecule has 0 aliphatic carbocycles. The molecule has 0 saturated carbocycles. The van der Waals surface area contributed by atoms with Crippen LogP contribution < -0.4 is 0 Å². The van der Waals surface area contributed by atoms with E-state index in [1.165, 1.54) is 39.1 Å². The Morgan fingerprint density at radius 1 is 0.488 bits per heavy atom. The maximum atomic E-state index is 13.8. The van der Waals surface area contributed by atoms with Gasteiger partial charge in [-0.1, -0.05) is 84.9 Å². The third-order valence-electron chi connectivity index (χ3n) is 7.81. The third kappa shape index (κ3) is 4.00. The summed E-state index contributed by atoms with van der Waals surface area (Å²) in [4.78, 5) is 14.2. The van der Waals surface area contributed by atoms with Gasteiger partial charge >= 0.3 is 0 Å². The van der Waals surface area contributed by atoms with E-state index in [4.69, 9.17) is 9.97 Å². The minimum Gasteiger partial charge on any atom is -0.264 e. The molecule has 3 nitrogen and oxygen atoms in total. The van der Waals surface area contributed by atoms with Crippen molar-refractivity contribution < 1.29 is 4.39 Å². The molecule has 8 rings (SSSR count). The average molecular weight is 528 g/mol. The molecule has 0 N–H and O–H groups in total. The maximum Gasteiger partial charge on any atom is 0.160 e. The first kappa shape index (κ1) is 23.4. The fourth-order valence-electron chi connectivity index (χ4n) is 5.79. The van der Waals surface area contributed by atoms with E-state index in [2.05, 4.69) is 89.9 Å². The molecule has 6 aromatic carbocycles. The second-order valence-corrected chi connectivity index (χ2v) is 10.3. The lowest BCUT2D eigenvalue weighted by atomic mass is 9.91. The number of nitrogens with zero attached hydrogens (tertiary/aromatic N) is 3. The molecule has 2 aromatic heterocycles. The molecule has 0 atom stereocenters. The highest BCUT2D eigenvalue weighted by Gasteiger charge is 2.16. The predicted octanol–water partition coefficient (Wildman–Crippen LogP) is 9.58. The lowest BCUT2D eigenvalue weighted by Gasteiger charge is -2.15. The molecule has 0 fully saturated rings. The van der Waals surface area contributed by atoms with E-state index < -0.39 is 0 Å². The van der Waals surface area contributed by atoms with Crippen LogP contribution in [0.25, 0.3) is 77.3 Å². The monoisotopic (exact) mass is 527 g/mol. The predicted molar refractivity (Wildman–Crippen MR) is 165 cm³/mol. The summed E-state index contributed by atoms with van der Waals surface area (Å²) < 4.78 is 13.8. The summed E-state index contributed by atoms with van der Waals surface area (Å²) in [5.74, 6) is 0.266. The topological polar surface area (TPSA) is 38.7 Å². The average Bonchev–Trinajstić information content (AvgIpc) is 3.04. The summed E-state index contributed by atoms with van der Waals surface area (Å²) in [5, 5.41) is 7.30. The zero-order valence-electron chi connectivity index (χ0n) is 21.9. The summed E-state index contributed by atoms with van der Waals surface area (Å²) >= 11 is 0. The highest BCUT2D eigenvalue weighted by Crippen LogP contribution is 2.40. The summed E-state index contributed by atoms with van der Waals surface area (Å²) in [7, 11) is 0. The molecule has 0 unspecified atom stereocenters. The van der Waals surface area contributed by atoms with Crippen LogP contribution in [0.2, 0.25) is 0 Å². The van der Waals surface area contributed by atoms with Gasteiger partial charge in [-0.2, -0.15) is 0 Å². The van der Waals surface area contributed by atoms with Gasteiger partial charge in [0.05, 0.1) is 11.4 Å². The third-order valence-corrected chi connectivity index (χ3v) is 7.81. The van der Waals surface area contributed by atoms with Gasteiger partial charge in [0.15, 0.2) is 5.82 Å².